The summed E-state index contributed by atoms with van der Waals surface area (Å²) in [5, 5.41) is 0. The van der Waals surface area contributed by atoms with Crippen LogP contribution in [-0.2, 0) is 4.79 Å². The van der Waals surface area contributed by atoms with Crippen LogP contribution in [0.5, 0.6) is 0 Å². The number of nitrogens with zero attached hydrogens (tertiary/aromatic N) is 2. The van der Waals surface area contributed by atoms with Crippen LogP contribution in [0.2, 0.25) is 0 Å². The Bertz CT molecular complexity index is 238. The Kier molecular flexibility index (Phi) is 2.59. The van der Waals surface area contributed by atoms with Gasteiger partial charge in [0.1, 0.15) is 6.04 Å². The van der Waals surface area contributed by atoms with E-state index in [9.17, 15) is 9.59 Å². The van der Waals surface area contributed by atoms with E-state index >= 15 is 0 Å². The van der Waals surface area contributed by atoms with Gasteiger partial charge in [0, 0.05) is 13.1 Å². The minimum atomic E-state index is -0.255. The third-order valence-corrected chi connectivity index (χ3v) is 2.40. The van der Waals surface area contributed by atoms with Crippen molar-refractivity contribution in [2.75, 3.05) is 7.05 Å². The lowest BCUT2D eigenvalue weighted by atomic mass is 10.2. The monoisotopic (exact) mass is 184 g/mol. The fourth-order valence-corrected chi connectivity index (χ4v) is 1.65. The lowest BCUT2D eigenvalue weighted by Crippen LogP contribution is -2.37. The van der Waals surface area contributed by atoms with Gasteiger partial charge in [-0.2, -0.15) is 0 Å². The molecule has 1 aliphatic heterocycles. The van der Waals surface area contributed by atoms with E-state index in [2.05, 4.69) is 0 Å². The summed E-state index contributed by atoms with van der Waals surface area (Å²) in [4.78, 5) is 26.1. The molecule has 1 fully saturated rings. The summed E-state index contributed by atoms with van der Waals surface area (Å²) in [6.07, 6.45) is 0.685. The fourth-order valence-electron chi connectivity index (χ4n) is 1.65. The zero-order chi connectivity index (χ0) is 10.2. The van der Waals surface area contributed by atoms with Gasteiger partial charge in [-0.3, -0.25) is 9.69 Å². The summed E-state index contributed by atoms with van der Waals surface area (Å²) in [7, 11) is 1.68. The maximum absolute atomic E-state index is 11.7. The lowest BCUT2D eigenvalue weighted by Gasteiger charge is -2.17. The molecular formula is C9H16N2O2. The third kappa shape index (κ3) is 1.41. The molecule has 1 saturated heterocycles. The minimum Gasteiger partial charge on any atom is -0.315 e. The molecule has 74 valence electrons. The predicted molar refractivity (Wildman–Crippen MR) is 49.2 cm³/mol. The van der Waals surface area contributed by atoms with E-state index in [1.807, 2.05) is 20.8 Å². The second kappa shape index (κ2) is 3.36. The van der Waals surface area contributed by atoms with Crippen LogP contribution in [0, 0.1) is 0 Å². The smallest absolute Gasteiger partial charge is 0.315 e. The Labute approximate surface area is 78.5 Å². The molecule has 1 rings (SSSR count). The summed E-state index contributed by atoms with van der Waals surface area (Å²) >= 11 is 0. The molecule has 0 saturated carbocycles. The van der Waals surface area contributed by atoms with Gasteiger partial charge < -0.3 is 4.90 Å². The number of carbonyl (C=O) groups is 2. The van der Waals surface area contributed by atoms with E-state index in [4.69, 9.17) is 0 Å². The first-order chi connectivity index (χ1) is 6.00. The maximum Gasteiger partial charge on any atom is 0.327 e. The van der Waals surface area contributed by atoms with E-state index < -0.39 is 0 Å². The first kappa shape index (κ1) is 10.0. The van der Waals surface area contributed by atoms with Crippen molar-refractivity contribution < 1.29 is 9.59 Å². The van der Waals surface area contributed by atoms with Crippen molar-refractivity contribution in [2.24, 2.45) is 0 Å². The van der Waals surface area contributed by atoms with Crippen LogP contribution in [0.1, 0.15) is 27.2 Å². The highest BCUT2D eigenvalue weighted by molar-refractivity contribution is 6.04. The van der Waals surface area contributed by atoms with Gasteiger partial charge in [-0.05, 0) is 20.3 Å². The predicted octanol–water partition coefficient (Wildman–Crippen LogP) is 1.07. The first-order valence-corrected chi connectivity index (χ1v) is 4.60. The summed E-state index contributed by atoms with van der Waals surface area (Å²) in [6.45, 7) is 5.61. The van der Waals surface area contributed by atoms with Crippen molar-refractivity contribution >= 4 is 11.9 Å². The quantitative estimate of drug-likeness (QED) is 0.602. The Morgan fingerprint density at radius 1 is 1.38 bits per heavy atom. The Balaban J connectivity index is 2.91. The first-order valence-electron chi connectivity index (χ1n) is 4.60. The summed E-state index contributed by atoms with van der Waals surface area (Å²) in [5.74, 6) is -0.0648. The topological polar surface area (TPSA) is 40.6 Å². The molecule has 1 heterocycles. The molecule has 4 heteroatoms. The van der Waals surface area contributed by atoms with Crippen molar-refractivity contribution in [1.82, 2.24) is 9.80 Å². The van der Waals surface area contributed by atoms with Crippen molar-refractivity contribution in [3.8, 4) is 0 Å². The molecule has 0 spiro atoms. The maximum atomic E-state index is 11.7. The highest BCUT2D eigenvalue weighted by Crippen LogP contribution is 2.19. The molecule has 0 aliphatic carbocycles. The molecule has 1 unspecified atom stereocenters. The third-order valence-electron chi connectivity index (χ3n) is 2.40. The second-order valence-electron chi connectivity index (χ2n) is 3.62. The Morgan fingerprint density at radius 2 is 1.92 bits per heavy atom. The van der Waals surface area contributed by atoms with Gasteiger partial charge in [0.2, 0.25) is 0 Å². The number of rotatable bonds is 2. The summed E-state index contributed by atoms with van der Waals surface area (Å²) < 4.78 is 0. The molecule has 3 amide bonds. The number of hydrogen-bond acceptors (Lipinski definition) is 2. The van der Waals surface area contributed by atoms with Crippen molar-refractivity contribution in [3.63, 3.8) is 0 Å². The molecule has 0 N–H and O–H groups in total. The molecular weight excluding hydrogens is 168 g/mol. The van der Waals surface area contributed by atoms with E-state index in [-0.39, 0.29) is 24.0 Å². The van der Waals surface area contributed by atoms with Gasteiger partial charge in [-0.15, -0.1) is 0 Å². The molecule has 13 heavy (non-hydrogen) atoms. The zero-order valence-electron chi connectivity index (χ0n) is 8.57. The Hall–Kier alpha value is -1.06. The van der Waals surface area contributed by atoms with Crippen molar-refractivity contribution in [3.05, 3.63) is 0 Å². The van der Waals surface area contributed by atoms with Crippen molar-refractivity contribution in [2.45, 2.75) is 39.3 Å². The molecule has 0 aromatic heterocycles. The number of likely N-dealkylation sites (N-methyl/N-ethyl adjacent to an activating group) is 1. The lowest BCUT2D eigenvalue weighted by molar-refractivity contribution is -0.129. The number of hydrogen-bond donors (Lipinski definition) is 0. The van der Waals surface area contributed by atoms with Crippen molar-refractivity contribution in [1.29, 1.82) is 0 Å². The molecule has 1 aliphatic rings. The normalized spacial score (nSPS) is 23.6. The SMILES string of the molecule is CCC1C(=O)N(C(C)C)C(=O)N1C. The standard InChI is InChI=1S/C9H16N2O2/c1-5-7-8(12)11(6(2)3)9(13)10(7)4/h6-7H,5H2,1-4H3. The fraction of sp³-hybridized carbons (Fsp3) is 0.778. The number of imide groups is 1. The molecule has 0 bridgehead atoms. The van der Waals surface area contributed by atoms with Crippen LogP contribution in [0.15, 0.2) is 0 Å². The molecule has 1 atom stereocenters. The minimum absolute atomic E-state index is 0.0426. The van der Waals surface area contributed by atoms with E-state index in [1.165, 1.54) is 9.80 Å². The molecule has 0 radical (unpaired) electrons. The van der Waals surface area contributed by atoms with Crippen LogP contribution < -0.4 is 0 Å². The van der Waals surface area contributed by atoms with Gasteiger partial charge >= 0.3 is 6.03 Å². The van der Waals surface area contributed by atoms with Crippen LogP contribution in [0.3, 0.4) is 0 Å². The van der Waals surface area contributed by atoms with Crippen LogP contribution in [-0.4, -0.2) is 40.9 Å². The average molecular weight is 184 g/mol. The van der Waals surface area contributed by atoms with E-state index in [0.717, 1.165) is 0 Å². The highest BCUT2D eigenvalue weighted by atomic mass is 16.2. The highest BCUT2D eigenvalue weighted by Gasteiger charge is 2.42. The summed E-state index contributed by atoms with van der Waals surface area (Å²) in [5.41, 5.74) is 0. The molecule has 4 nitrogen and oxygen atoms in total. The summed E-state index contributed by atoms with van der Waals surface area (Å²) in [6, 6.07) is -0.472. The van der Waals surface area contributed by atoms with Crippen LogP contribution in [0.4, 0.5) is 4.79 Å². The second-order valence-corrected chi connectivity index (χ2v) is 3.62. The van der Waals surface area contributed by atoms with Gasteiger partial charge in [-0.25, -0.2) is 4.79 Å². The number of carbonyl (C=O) groups excluding carboxylic acids is 2. The molecule has 0 aromatic carbocycles. The largest absolute Gasteiger partial charge is 0.327 e. The van der Waals surface area contributed by atoms with E-state index in [0.29, 0.717) is 6.42 Å². The van der Waals surface area contributed by atoms with Gasteiger partial charge in [0.05, 0.1) is 0 Å². The van der Waals surface area contributed by atoms with Crippen LogP contribution >= 0.6 is 0 Å². The average Bonchev–Trinajstić information content (AvgIpc) is 2.24. The number of amides is 3. The number of urea groups is 1. The Morgan fingerprint density at radius 3 is 2.15 bits per heavy atom. The molecule has 0 aromatic rings. The van der Waals surface area contributed by atoms with Gasteiger partial charge in [0.15, 0.2) is 0 Å². The van der Waals surface area contributed by atoms with Crippen LogP contribution in [0.25, 0.3) is 0 Å². The van der Waals surface area contributed by atoms with Gasteiger partial charge in [0.25, 0.3) is 5.91 Å². The van der Waals surface area contributed by atoms with Gasteiger partial charge in [-0.1, -0.05) is 6.92 Å². The van der Waals surface area contributed by atoms with E-state index in [1.54, 1.807) is 7.05 Å². The zero-order valence-corrected chi connectivity index (χ0v) is 8.57.